The average Bonchev–Trinajstić information content (AvgIpc) is 3.26. The van der Waals surface area contributed by atoms with Gasteiger partial charge in [-0.05, 0) is 67.2 Å². The number of para-hydroxylation sites is 1. The van der Waals surface area contributed by atoms with Crippen LogP contribution in [0.4, 0.5) is 11.5 Å². The quantitative estimate of drug-likeness (QED) is 0.0517. The van der Waals surface area contributed by atoms with Crippen molar-refractivity contribution in [2.24, 2.45) is 4.99 Å². The largest absolute Gasteiger partial charge is 0.462 e. The Morgan fingerprint density at radius 2 is 1.33 bits per heavy atom. The van der Waals surface area contributed by atoms with Crippen molar-refractivity contribution < 1.29 is 57.6 Å². The molecule has 19 heteroatoms. The van der Waals surface area contributed by atoms with Crippen LogP contribution < -0.4 is 10.6 Å². The molecule has 0 spiro atoms. The number of aliphatic hydroxyl groups is 1. The average molecular weight is 899 g/mol. The number of carbonyl (C=O) groups excluding carboxylic acids is 6. The van der Waals surface area contributed by atoms with Crippen molar-refractivity contribution in [1.29, 1.82) is 0 Å². The fourth-order valence-corrected chi connectivity index (χ4v) is 7.63. The van der Waals surface area contributed by atoms with Gasteiger partial charge in [0.25, 0.3) is 5.91 Å². The third-order valence-corrected chi connectivity index (χ3v) is 10.5. The lowest BCUT2D eigenvalue weighted by molar-refractivity contribution is -0.202. The lowest BCUT2D eigenvalue weighted by Gasteiger charge is -2.35. The molecule has 0 aliphatic rings. The molecule has 338 valence electrons. The van der Waals surface area contributed by atoms with Gasteiger partial charge in [0, 0.05) is 87.1 Å². The van der Waals surface area contributed by atoms with E-state index >= 15 is 0 Å². The Hall–Kier alpha value is -6.99. The maximum atomic E-state index is 14.7. The number of hydrogen-bond donors (Lipinski definition) is 3. The summed E-state index contributed by atoms with van der Waals surface area (Å²) in [5.41, 5.74) is 2.30. The minimum absolute atomic E-state index is 0.113. The molecule has 0 radical (unpaired) electrons. The summed E-state index contributed by atoms with van der Waals surface area (Å²) < 4.78 is 26.9. The van der Waals surface area contributed by atoms with Gasteiger partial charge < -0.3 is 39.4 Å². The zero-order valence-electron chi connectivity index (χ0n) is 36.0. The first-order valence-corrected chi connectivity index (χ1v) is 20.8. The van der Waals surface area contributed by atoms with E-state index in [-0.39, 0.29) is 5.69 Å². The maximum absolute atomic E-state index is 14.7. The summed E-state index contributed by atoms with van der Waals surface area (Å²) in [5, 5.41) is 18.9. The Morgan fingerprint density at radius 1 is 0.719 bits per heavy atom. The molecular formula is C45H50N6O12S. The number of nitrogens with one attached hydrogen (secondary N) is 2. The molecule has 18 nitrogen and oxygen atoms in total. The van der Waals surface area contributed by atoms with Crippen LogP contribution in [0.5, 0.6) is 0 Å². The van der Waals surface area contributed by atoms with Gasteiger partial charge in [0.1, 0.15) is 12.4 Å². The van der Waals surface area contributed by atoms with Crippen molar-refractivity contribution in [3.63, 3.8) is 0 Å². The number of rotatable bonds is 22. The van der Waals surface area contributed by atoms with E-state index in [1.54, 1.807) is 92.4 Å². The monoisotopic (exact) mass is 898 g/mol. The summed E-state index contributed by atoms with van der Waals surface area (Å²) in [6.45, 7) is 9.83. The highest BCUT2D eigenvalue weighted by Crippen LogP contribution is 2.44. The number of esters is 5. The number of aromatic nitrogens is 3. The number of nitrogens with zero attached hydrogens (tertiary/aromatic N) is 4. The lowest BCUT2D eigenvalue weighted by Crippen LogP contribution is -2.56. The minimum atomic E-state index is -2.09. The van der Waals surface area contributed by atoms with Crippen molar-refractivity contribution >= 4 is 65.7 Å². The van der Waals surface area contributed by atoms with Gasteiger partial charge in [-0.1, -0.05) is 30.3 Å². The van der Waals surface area contributed by atoms with Gasteiger partial charge in [-0.2, -0.15) is 0 Å². The fourth-order valence-electron chi connectivity index (χ4n) is 6.52. The predicted octanol–water partition coefficient (Wildman–Crippen LogP) is 5.26. The van der Waals surface area contributed by atoms with Crippen LogP contribution in [0.1, 0.15) is 70.3 Å². The Bertz CT molecular complexity index is 2270. The number of pyridine rings is 3. The van der Waals surface area contributed by atoms with Gasteiger partial charge in [0.15, 0.2) is 18.3 Å². The van der Waals surface area contributed by atoms with E-state index < -0.39 is 84.8 Å². The van der Waals surface area contributed by atoms with Crippen LogP contribution in [0.3, 0.4) is 0 Å². The number of amides is 1. The third-order valence-electron chi connectivity index (χ3n) is 9.17. The molecule has 64 heavy (non-hydrogen) atoms. The zero-order valence-corrected chi connectivity index (χ0v) is 36.9. The Balaban J connectivity index is 1.91. The maximum Gasteiger partial charge on any atom is 0.303 e. The highest BCUT2D eigenvalue weighted by Gasteiger charge is 2.47. The summed E-state index contributed by atoms with van der Waals surface area (Å²) in [4.78, 5) is 94.7. The second-order valence-corrected chi connectivity index (χ2v) is 15.0. The van der Waals surface area contributed by atoms with Gasteiger partial charge >= 0.3 is 29.8 Å². The van der Waals surface area contributed by atoms with E-state index in [4.69, 9.17) is 23.7 Å². The normalized spacial score (nSPS) is 14.6. The number of carbonyl (C=O) groups is 6. The third kappa shape index (κ3) is 14.8. The number of hydrogen-bond acceptors (Lipinski definition) is 18. The summed E-state index contributed by atoms with van der Waals surface area (Å²) >= 11 is 1.35. The van der Waals surface area contributed by atoms with E-state index in [1.807, 2.05) is 12.1 Å². The van der Waals surface area contributed by atoms with Crippen molar-refractivity contribution in [2.75, 3.05) is 17.2 Å². The Labute approximate surface area is 374 Å². The number of aliphatic imine (C=N–C) groups is 1. The lowest BCUT2D eigenvalue weighted by atomic mass is 9.84. The molecule has 0 aliphatic heterocycles. The summed E-state index contributed by atoms with van der Waals surface area (Å²) in [6, 6.07) is 19.7. The standard InChI is InChI=1S/C45H50N6O12S/c1-26(46-7)44(64-25-32-18-22-47-23-19-32)40(57)38(35-16-10-12-20-48-35)39(51-37-17-11-13-21-49-37)33-14-8-9-15-34(33)50-45(58)43(63-31(6)56)42(62-30(5)55)41(61-29(4)54)36(60-28(3)53)24-59-27(2)52/h8-23,36,38-43,57H,7,24-25H2,1-6H3,(H,49,51)(H,50,58)/b44-26-. The second kappa shape index (κ2) is 24.6. The molecule has 4 rings (SSSR count). The van der Waals surface area contributed by atoms with Crippen molar-refractivity contribution in [2.45, 2.75) is 89.8 Å². The van der Waals surface area contributed by atoms with Crippen LogP contribution in [0.2, 0.25) is 0 Å². The number of benzene rings is 1. The van der Waals surface area contributed by atoms with Crippen molar-refractivity contribution in [1.82, 2.24) is 15.0 Å². The molecule has 3 N–H and O–H groups in total. The summed E-state index contributed by atoms with van der Waals surface area (Å²) in [5.74, 6) is -5.94. The number of anilines is 2. The van der Waals surface area contributed by atoms with Crippen molar-refractivity contribution in [3.05, 3.63) is 125 Å². The number of ether oxygens (including phenoxy) is 5. The Kier molecular flexibility index (Phi) is 19.1. The molecule has 4 aromatic rings. The van der Waals surface area contributed by atoms with E-state index in [9.17, 15) is 33.9 Å². The molecule has 1 aromatic carbocycles. The highest BCUT2D eigenvalue weighted by atomic mass is 32.2. The van der Waals surface area contributed by atoms with Crippen LogP contribution >= 0.6 is 11.8 Å². The summed E-state index contributed by atoms with van der Waals surface area (Å²) in [6.07, 6.45) is -2.43. The van der Waals surface area contributed by atoms with E-state index in [2.05, 4.69) is 37.3 Å². The van der Waals surface area contributed by atoms with Gasteiger partial charge in [-0.3, -0.25) is 43.7 Å². The molecule has 0 aliphatic carbocycles. The molecule has 0 bridgehead atoms. The van der Waals surface area contributed by atoms with Gasteiger partial charge in [-0.25, -0.2) is 4.98 Å². The van der Waals surface area contributed by atoms with Crippen LogP contribution in [-0.4, -0.2) is 99.7 Å². The predicted molar refractivity (Wildman–Crippen MR) is 235 cm³/mol. The molecule has 0 saturated heterocycles. The fraction of sp³-hybridized carbons (Fsp3) is 0.333. The van der Waals surface area contributed by atoms with Crippen molar-refractivity contribution in [3.8, 4) is 0 Å². The first-order valence-electron chi connectivity index (χ1n) is 19.8. The van der Waals surface area contributed by atoms with Crippen LogP contribution in [0.15, 0.2) is 113 Å². The van der Waals surface area contributed by atoms with E-state index in [0.29, 0.717) is 33.4 Å². The van der Waals surface area contributed by atoms with E-state index in [1.165, 1.54) is 11.8 Å². The highest BCUT2D eigenvalue weighted by molar-refractivity contribution is 8.02. The molecule has 3 heterocycles. The molecular weight excluding hydrogens is 849 g/mol. The Morgan fingerprint density at radius 3 is 1.91 bits per heavy atom. The molecule has 7 unspecified atom stereocenters. The van der Waals surface area contributed by atoms with Gasteiger partial charge in [-0.15, -0.1) is 11.8 Å². The summed E-state index contributed by atoms with van der Waals surface area (Å²) in [7, 11) is 0. The number of aliphatic hydroxyl groups excluding tert-OH is 1. The van der Waals surface area contributed by atoms with Crippen LogP contribution in [0.25, 0.3) is 0 Å². The molecule has 0 saturated carbocycles. The number of allylic oxidation sites excluding steroid dienone is 1. The van der Waals surface area contributed by atoms with Gasteiger partial charge in [0.2, 0.25) is 6.10 Å². The smallest absolute Gasteiger partial charge is 0.303 e. The molecule has 1 amide bonds. The zero-order chi connectivity index (χ0) is 46.8. The first-order chi connectivity index (χ1) is 30.6. The SMILES string of the molecule is C=N/C(C)=C(\SCc1ccncc1)C(O)C(c1ccccn1)C(Nc1ccccn1)c1ccccc1NC(=O)C(OC(C)=O)C(OC(C)=O)C(OC(C)=O)C(COC(C)=O)OC(C)=O. The molecule has 3 aromatic heterocycles. The van der Waals surface area contributed by atoms with Crippen LogP contribution in [-0.2, 0) is 58.2 Å². The van der Waals surface area contributed by atoms with E-state index in [0.717, 1.165) is 40.2 Å². The van der Waals surface area contributed by atoms with Gasteiger partial charge in [0.05, 0.1) is 18.1 Å². The second-order valence-electron chi connectivity index (χ2n) is 14.0. The molecule has 0 fully saturated rings. The number of thioether (sulfide) groups is 1. The topological polar surface area (TPSA) is 244 Å². The van der Waals surface area contributed by atoms with Crippen LogP contribution in [0, 0.1) is 0 Å². The minimum Gasteiger partial charge on any atom is -0.462 e. The first kappa shape index (κ1) is 49.7. The molecule has 7 atom stereocenters.